The van der Waals surface area contributed by atoms with Gasteiger partial charge in [0.05, 0.1) is 0 Å². The Hall–Kier alpha value is -0.530. The van der Waals surface area contributed by atoms with Crippen LogP contribution >= 0.6 is 0 Å². The van der Waals surface area contributed by atoms with E-state index in [2.05, 4.69) is 25.7 Å². The second-order valence-corrected chi connectivity index (χ2v) is 4.76. The van der Waals surface area contributed by atoms with Crippen molar-refractivity contribution in [3.63, 3.8) is 0 Å². The van der Waals surface area contributed by atoms with Crippen molar-refractivity contribution in [1.29, 1.82) is 0 Å². The maximum atomic E-state index is 11.6. The van der Waals surface area contributed by atoms with E-state index in [0.717, 1.165) is 19.4 Å². The summed E-state index contributed by atoms with van der Waals surface area (Å²) in [6.45, 7) is 7.68. The number of hydrogen-bond acceptors (Lipinski definition) is 1. The van der Waals surface area contributed by atoms with Crippen LogP contribution in [0.3, 0.4) is 0 Å². The van der Waals surface area contributed by atoms with Crippen LogP contribution in [0.4, 0.5) is 0 Å². The van der Waals surface area contributed by atoms with Crippen LogP contribution in [0.1, 0.15) is 52.9 Å². The summed E-state index contributed by atoms with van der Waals surface area (Å²) in [5.74, 6) is 1.07. The van der Waals surface area contributed by atoms with Gasteiger partial charge < -0.3 is 4.90 Å². The van der Waals surface area contributed by atoms with Gasteiger partial charge in [0.15, 0.2) is 0 Å². The fourth-order valence-corrected chi connectivity index (χ4v) is 2.33. The van der Waals surface area contributed by atoms with E-state index in [1.54, 1.807) is 0 Å². The number of hydrogen-bond donors (Lipinski definition) is 0. The fourth-order valence-electron chi connectivity index (χ4n) is 2.33. The molecule has 1 saturated heterocycles. The van der Waals surface area contributed by atoms with Crippen LogP contribution in [0.5, 0.6) is 0 Å². The van der Waals surface area contributed by atoms with Gasteiger partial charge in [-0.3, -0.25) is 4.79 Å². The van der Waals surface area contributed by atoms with Gasteiger partial charge in [-0.05, 0) is 25.2 Å². The number of carbonyl (C=O) groups excluding carboxylic acids is 1. The molecular weight excluding hydrogens is 174 g/mol. The van der Waals surface area contributed by atoms with E-state index in [4.69, 9.17) is 0 Å². The maximum absolute atomic E-state index is 11.6. The van der Waals surface area contributed by atoms with Gasteiger partial charge in [-0.1, -0.05) is 27.2 Å². The van der Waals surface area contributed by atoms with E-state index >= 15 is 0 Å². The summed E-state index contributed by atoms with van der Waals surface area (Å²) in [5, 5.41) is 0. The summed E-state index contributed by atoms with van der Waals surface area (Å²) in [6, 6.07) is 0.509. The highest BCUT2D eigenvalue weighted by molar-refractivity contribution is 5.78. The van der Waals surface area contributed by atoms with E-state index in [9.17, 15) is 4.79 Å². The molecule has 1 heterocycles. The minimum absolute atomic E-state index is 0.379. The molecule has 0 spiro atoms. The summed E-state index contributed by atoms with van der Waals surface area (Å²) in [5.41, 5.74) is 0. The lowest BCUT2D eigenvalue weighted by molar-refractivity contribution is -0.130. The van der Waals surface area contributed by atoms with Crippen LogP contribution in [0, 0.1) is 5.92 Å². The van der Waals surface area contributed by atoms with E-state index in [1.807, 2.05) is 0 Å². The van der Waals surface area contributed by atoms with Crippen LogP contribution in [-0.2, 0) is 4.79 Å². The Balaban J connectivity index is 2.52. The normalized spacial score (nSPS) is 19.4. The third-order valence-electron chi connectivity index (χ3n) is 2.92. The maximum Gasteiger partial charge on any atom is 0.222 e. The zero-order chi connectivity index (χ0) is 10.6. The number of rotatable bonds is 5. The van der Waals surface area contributed by atoms with Crippen molar-refractivity contribution in [2.24, 2.45) is 5.92 Å². The van der Waals surface area contributed by atoms with Gasteiger partial charge in [-0.2, -0.15) is 0 Å². The Bertz CT molecular complexity index is 189. The number of nitrogens with zero attached hydrogens (tertiary/aromatic N) is 1. The molecule has 2 nitrogen and oxygen atoms in total. The molecule has 0 radical (unpaired) electrons. The fraction of sp³-hybridized carbons (Fsp3) is 0.917. The predicted octanol–water partition coefficient (Wildman–Crippen LogP) is 2.82. The second-order valence-electron chi connectivity index (χ2n) is 4.76. The molecule has 1 unspecified atom stereocenters. The SMILES string of the molecule is CCCC(CC(C)C)N1CCCC1=O. The topological polar surface area (TPSA) is 20.3 Å². The zero-order valence-electron chi connectivity index (χ0n) is 9.75. The third-order valence-corrected chi connectivity index (χ3v) is 2.92. The average molecular weight is 197 g/mol. The minimum Gasteiger partial charge on any atom is -0.340 e. The molecule has 1 fully saturated rings. The van der Waals surface area contributed by atoms with Crippen molar-refractivity contribution in [2.75, 3.05) is 6.54 Å². The van der Waals surface area contributed by atoms with Gasteiger partial charge in [0.1, 0.15) is 0 Å². The first-order chi connectivity index (χ1) is 6.65. The van der Waals surface area contributed by atoms with Gasteiger partial charge in [0.25, 0.3) is 0 Å². The lowest BCUT2D eigenvalue weighted by Gasteiger charge is -2.29. The van der Waals surface area contributed by atoms with E-state index in [1.165, 1.54) is 19.3 Å². The van der Waals surface area contributed by atoms with Crippen molar-refractivity contribution in [3.05, 3.63) is 0 Å². The molecule has 0 aromatic rings. The van der Waals surface area contributed by atoms with Gasteiger partial charge in [0.2, 0.25) is 5.91 Å². The molecule has 0 bridgehead atoms. The molecule has 1 aliphatic heterocycles. The van der Waals surface area contributed by atoms with Crippen LogP contribution in [-0.4, -0.2) is 23.4 Å². The molecule has 1 atom stereocenters. The van der Waals surface area contributed by atoms with Gasteiger partial charge >= 0.3 is 0 Å². The van der Waals surface area contributed by atoms with Crippen LogP contribution in [0.25, 0.3) is 0 Å². The molecule has 1 amide bonds. The molecule has 0 aliphatic carbocycles. The zero-order valence-corrected chi connectivity index (χ0v) is 9.75. The average Bonchev–Trinajstić information content (AvgIpc) is 2.50. The van der Waals surface area contributed by atoms with Crippen molar-refractivity contribution < 1.29 is 4.79 Å². The molecule has 1 aliphatic rings. The Labute approximate surface area is 87.7 Å². The van der Waals surface area contributed by atoms with Gasteiger partial charge in [-0.25, -0.2) is 0 Å². The first-order valence-corrected chi connectivity index (χ1v) is 5.94. The summed E-state index contributed by atoms with van der Waals surface area (Å²) in [6.07, 6.45) is 5.36. The first kappa shape index (κ1) is 11.5. The summed E-state index contributed by atoms with van der Waals surface area (Å²) < 4.78 is 0. The molecule has 2 heteroatoms. The second kappa shape index (κ2) is 5.38. The Morgan fingerprint density at radius 1 is 1.43 bits per heavy atom. The van der Waals surface area contributed by atoms with E-state index in [0.29, 0.717) is 17.9 Å². The number of carbonyl (C=O) groups is 1. The van der Waals surface area contributed by atoms with Gasteiger partial charge in [0, 0.05) is 19.0 Å². The van der Waals surface area contributed by atoms with Crippen molar-refractivity contribution in [2.45, 2.75) is 58.9 Å². The van der Waals surface area contributed by atoms with Crippen molar-refractivity contribution in [1.82, 2.24) is 4.90 Å². The highest BCUT2D eigenvalue weighted by Gasteiger charge is 2.27. The Kier molecular flexibility index (Phi) is 4.43. The predicted molar refractivity (Wildman–Crippen MR) is 59.1 cm³/mol. The number of amides is 1. The smallest absolute Gasteiger partial charge is 0.222 e. The molecule has 0 aromatic carbocycles. The summed E-state index contributed by atoms with van der Waals surface area (Å²) >= 11 is 0. The van der Waals surface area contributed by atoms with Gasteiger partial charge in [-0.15, -0.1) is 0 Å². The molecule has 1 rings (SSSR count). The summed E-state index contributed by atoms with van der Waals surface area (Å²) in [4.78, 5) is 13.7. The van der Waals surface area contributed by atoms with Crippen molar-refractivity contribution >= 4 is 5.91 Å². The Morgan fingerprint density at radius 2 is 2.14 bits per heavy atom. The lowest BCUT2D eigenvalue weighted by atomic mass is 9.99. The van der Waals surface area contributed by atoms with E-state index in [-0.39, 0.29) is 0 Å². The lowest BCUT2D eigenvalue weighted by Crippen LogP contribution is -2.37. The molecular formula is C12H23NO. The minimum atomic E-state index is 0.379. The van der Waals surface area contributed by atoms with Crippen molar-refractivity contribution in [3.8, 4) is 0 Å². The highest BCUT2D eigenvalue weighted by Crippen LogP contribution is 2.22. The molecule has 0 N–H and O–H groups in total. The monoisotopic (exact) mass is 197 g/mol. The largest absolute Gasteiger partial charge is 0.340 e. The highest BCUT2D eigenvalue weighted by atomic mass is 16.2. The molecule has 0 aromatic heterocycles. The quantitative estimate of drug-likeness (QED) is 0.663. The molecule has 14 heavy (non-hydrogen) atoms. The summed E-state index contributed by atoms with van der Waals surface area (Å²) in [7, 11) is 0. The number of likely N-dealkylation sites (tertiary alicyclic amines) is 1. The standard InChI is InChI=1S/C12H23NO/c1-4-6-11(9-10(2)3)13-8-5-7-12(13)14/h10-11H,4-9H2,1-3H3. The van der Waals surface area contributed by atoms with Crippen LogP contribution in [0.2, 0.25) is 0 Å². The Morgan fingerprint density at radius 3 is 2.57 bits per heavy atom. The third kappa shape index (κ3) is 3.00. The van der Waals surface area contributed by atoms with Crippen LogP contribution < -0.4 is 0 Å². The molecule has 0 saturated carbocycles. The van der Waals surface area contributed by atoms with E-state index < -0.39 is 0 Å². The first-order valence-electron chi connectivity index (χ1n) is 5.94. The molecule has 82 valence electrons. The van der Waals surface area contributed by atoms with Crippen LogP contribution in [0.15, 0.2) is 0 Å².